The van der Waals surface area contributed by atoms with E-state index in [4.69, 9.17) is 9.47 Å². The van der Waals surface area contributed by atoms with Gasteiger partial charge in [-0.05, 0) is 37.2 Å². The summed E-state index contributed by atoms with van der Waals surface area (Å²) in [5.74, 6) is 0.850. The van der Waals surface area contributed by atoms with Crippen molar-refractivity contribution in [3.63, 3.8) is 0 Å². The van der Waals surface area contributed by atoms with Crippen molar-refractivity contribution in [2.45, 2.75) is 25.6 Å². The van der Waals surface area contributed by atoms with Gasteiger partial charge in [-0.3, -0.25) is 0 Å². The zero-order valence-corrected chi connectivity index (χ0v) is 14.3. The molecule has 0 aliphatic carbocycles. The molecule has 1 aliphatic heterocycles. The van der Waals surface area contributed by atoms with Crippen LogP contribution < -0.4 is 4.74 Å². The lowest BCUT2D eigenvalue weighted by Crippen LogP contribution is -2.26. The zero-order chi connectivity index (χ0) is 17.6. The van der Waals surface area contributed by atoms with E-state index < -0.39 is 6.61 Å². The summed E-state index contributed by atoms with van der Waals surface area (Å²) in [6.07, 6.45) is 3.86. The molecule has 7 heteroatoms. The highest BCUT2D eigenvalue weighted by Crippen LogP contribution is 2.26. The molecule has 0 saturated carbocycles. The first kappa shape index (κ1) is 18.1. The van der Waals surface area contributed by atoms with Crippen LogP contribution in [-0.2, 0) is 15.9 Å². The molecule has 138 valence electrons. The van der Waals surface area contributed by atoms with Gasteiger partial charge in [0.05, 0.1) is 19.8 Å². The summed E-state index contributed by atoms with van der Waals surface area (Å²) >= 11 is 0. The molecule has 1 aromatic carbocycles. The van der Waals surface area contributed by atoms with Crippen LogP contribution in [0.4, 0.5) is 8.78 Å². The summed E-state index contributed by atoms with van der Waals surface area (Å²) in [5.41, 5.74) is 2.25. The second-order valence-electron chi connectivity index (χ2n) is 6.31. The maximum atomic E-state index is 12.0. The molecule has 1 atom stereocenters. The molecule has 1 aromatic heterocycles. The van der Waals surface area contributed by atoms with E-state index in [9.17, 15) is 8.78 Å². The van der Waals surface area contributed by atoms with E-state index in [-0.39, 0.29) is 12.7 Å². The largest absolute Gasteiger partial charge is 0.488 e. The van der Waals surface area contributed by atoms with Crippen molar-refractivity contribution in [1.82, 2.24) is 9.88 Å². The predicted octanol–water partition coefficient (Wildman–Crippen LogP) is 3.05. The van der Waals surface area contributed by atoms with Crippen LogP contribution in [0.15, 0.2) is 24.4 Å². The van der Waals surface area contributed by atoms with Crippen molar-refractivity contribution in [3.05, 3.63) is 30.0 Å². The highest BCUT2D eigenvalue weighted by atomic mass is 19.3. The normalized spacial score (nSPS) is 17.9. The number of hydrogen-bond donors (Lipinski definition) is 1. The van der Waals surface area contributed by atoms with Crippen molar-refractivity contribution in [2.24, 2.45) is 0 Å². The Balaban J connectivity index is 1.57. The molecule has 0 bridgehead atoms. The molecular formula is C18H24F2N2O3. The van der Waals surface area contributed by atoms with Crippen LogP contribution in [0.25, 0.3) is 10.9 Å². The minimum atomic E-state index is -2.70. The number of benzene rings is 1. The van der Waals surface area contributed by atoms with Crippen molar-refractivity contribution >= 4 is 10.9 Å². The van der Waals surface area contributed by atoms with Crippen molar-refractivity contribution < 1.29 is 23.0 Å². The molecule has 0 unspecified atom stereocenters. The van der Waals surface area contributed by atoms with Gasteiger partial charge in [-0.2, -0.15) is 8.78 Å². The minimum absolute atomic E-state index is 0.0312. The first-order valence-corrected chi connectivity index (χ1v) is 8.54. The molecule has 5 nitrogen and oxygen atoms in total. The van der Waals surface area contributed by atoms with Crippen molar-refractivity contribution in [3.8, 4) is 5.75 Å². The Hall–Kier alpha value is -1.70. The standard InChI is InChI=1S/C18H24F2N2O3/c1-22(7-9-24-18(19)20)6-4-13-11-21-17-3-2-14(10-16(13)17)25-15-5-8-23-12-15/h2-3,10-11,15,18,21H,4-9,12H2,1H3/t15-/m1/s1. The fourth-order valence-electron chi connectivity index (χ4n) is 2.96. The van der Waals surface area contributed by atoms with E-state index in [0.717, 1.165) is 42.6 Å². The number of nitrogens with zero attached hydrogens (tertiary/aromatic N) is 1. The van der Waals surface area contributed by atoms with Gasteiger partial charge in [-0.1, -0.05) is 0 Å². The van der Waals surface area contributed by atoms with Gasteiger partial charge >= 0.3 is 6.61 Å². The van der Waals surface area contributed by atoms with Gasteiger partial charge in [0, 0.05) is 36.6 Å². The fraction of sp³-hybridized carbons (Fsp3) is 0.556. The van der Waals surface area contributed by atoms with Gasteiger partial charge in [0.15, 0.2) is 0 Å². The van der Waals surface area contributed by atoms with Crippen LogP contribution in [0, 0.1) is 0 Å². The Morgan fingerprint density at radius 3 is 3.00 bits per heavy atom. The highest BCUT2D eigenvalue weighted by molar-refractivity contribution is 5.84. The van der Waals surface area contributed by atoms with Crippen LogP contribution in [0.3, 0.4) is 0 Å². The molecule has 0 amide bonds. The number of ether oxygens (including phenoxy) is 3. The quantitative estimate of drug-likeness (QED) is 0.752. The smallest absolute Gasteiger partial charge is 0.345 e. The van der Waals surface area contributed by atoms with Gasteiger partial charge < -0.3 is 24.1 Å². The van der Waals surface area contributed by atoms with E-state index in [0.29, 0.717) is 13.2 Å². The van der Waals surface area contributed by atoms with E-state index in [1.165, 1.54) is 5.56 Å². The molecule has 25 heavy (non-hydrogen) atoms. The third kappa shape index (κ3) is 5.14. The van der Waals surface area contributed by atoms with Gasteiger partial charge in [0.1, 0.15) is 11.9 Å². The highest BCUT2D eigenvalue weighted by Gasteiger charge is 2.17. The van der Waals surface area contributed by atoms with E-state index >= 15 is 0 Å². The Kier molecular flexibility index (Phi) is 6.23. The molecule has 0 radical (unpaired) electrons. The predicted molar refractivity (Wildman–Crippen MR) is 91.3 cm³/mol. The maximum absolute atomic E-state index is 12.0. The number of rotatable bonds is 9. The zero-order valence-electron chi connectivity index (χ0n) is 14.3. The van der Waals surface area contributed by atoms with Crippen molar-refractivity contribution in [2.75, 3.05) is 40.0 Å². The number of aromatic nitrogens is 1. The fourth-order valence-corrected chi connectivity index (χ4v) is 2.96. The number of fused-ring (bicyclic) bond motifs is 1. The van der Waals surface area contributed by atoms with Gasteiger partial charge in [-0.25, -0.2) is 0 Å². The van der Waals surface area contributed by atoms with Gasteiger partial charge in [0.25, 0.3) is 0 Å². The first-order valence-electron chi connectivity index (χ1n) is 8.54. The summed E-state index contributed by atoms with van der Waals surface area (Å²) in [6.45, 7) is -0.0356. The average Bonchev–Trinajstić information content (AvgIpc) is 3.22. The molecule has 1 aliphatic rings. The summed E-state index contributed by atoms with van der Waals surface area (Å²) in [6, 6.07) is 6.04. The number of nitrogens with one attached hydrogen (secondary N) is 1. The molecule has 0 spiro atoms. The van der Waals surface area contributed by atoms with E-state index in [1.807, 2.05) is 30.3 Å². The second kappa shape index (κ2) is 8.60. The van der Waals surface area contributed by atoms with Crippen molar-refractivity contribution in [1.29, 1.82) is 0 Å². The number of hydrogen-bond acceptors (Lipinski definition) is 4. The third-order valence-electron chi connectivity index (χ3n) is 4.41. The van der Waals surface area contributed by atoms with Crippen LogP contribution in [0.1, 0.15) is 12.0 Å². The van der Waals surface area contributed by atoms with Crippen LogP contribution in [-0.4, -0.2) is 62.6 Å². The van der Waals surface area contributed by atoms with Crippen LogP contribution in [0.2, 0.25) is 0 Å². The monoisotopic (exact) mass is 354 g/mol. The SMILES string of the molecule is CN(CCOC(F)F)CCc1c[nH]c2ccc(O[C@@H]3CCOC3)cc12. The lowest BCUT2D eigenvalue weighted by atomic mass is 10.1. The topological polar surface area (TPSA) is 46.7 Å². The minimum Gasteiger partial charge on any atom is -0.488 e. The maximum Gasteiger partial charge on any atom is 0.345 e. The molecule has 1 saturated heterocycles. The molecule has 2 heterocycles. The van der Waals surface area contributed by atoms with Gasteiger partial charge in [-0.15, -0.1) is 0 Å². The summed E-state index contributed by atoms with van der Waals surface area (Å²) in [5, 5.41) is 1.13. The Bertz CT molecular complexity index is 671. The Morgan fingerprint density at radius 1 is 1.36 bits per heavy atom. The summed E-state index contributed by atoms with van der Waals surface area (Å²) < 4.78 is 39.6. The Labute approximate surface area is 145 Å². The number of halogens is 2. The molecular weight excluding hydrogens is 330 g/mol. The molecule has 2 aromatic rings. The summed E-state index contributed by atoms with van der Waals surface area (Å²) in [7, 11) is 1.90. The van der Waals surface area contributed by atoms with Crippen LogP contribution in [0.5, 0.6) is 5.75 Å². The van der Waals surface area contributed by atoms with E-state index in [2.05, 4.69) is 15.8 Å². The second-order valence-corrected chi connectivity index (χ2v) is 6.31. The number of likely N-dealkylation sites (N-methyl/N-ethyl adjacent to an activating group) is 1. The Morgan fingerprint density at radius 2 is 2.24 bits per heavy atom. The first-order chi connectivity index (χ1) is 12.1. The summed E-state index contributed by atoms with van der Waals surface area (Å²) in [4.78, 5) is 5.25. The van der Waals surface area contributed by atoms with Crippen LogP contribution >= 0.6 is 0 Å². The number of aromatic amines is 1. The lowest BCUT2D eigenvalue weighted by molar-refractivity contribution is -0.131. The molecule has 3 rings (SSSR count). The van der Waals surface area contributed by atoms with E-state index in [1.54, 1.807) is 0 Å². The van der Waals surface area contributed by atoms with Gasteiger partial charge in [0.2, 0.25) is 0 Å². The molecule has 1 fully saturated rings. The number of alkyl halides is 2. The lowest BCUT2D eigenvalue weighted by Gasteiger charge is -2.16. The third-order valence-corrected chi connectivity index (χ3v) is 4.41. The average molecular weight is 354 g/mol. The molecule has 1 N–H and O–H groups in total. The number of H-pyrrole nitrogens is 1.